The Balaban J connectivity index is 1.18. The van der Waals surface area contributed by atoms with E-state index in [1.165, 1.54) is 11.1 Å². The molecule has 6 heteroatoms. The average Bonchev–Trinajstić information content (AvgIpc) is 2.92. The minimum absolute atomic E-state index is 0.0333. The van der Waals surface area contributed by atoms with Crippen LogP contribution in [0.5, 0.6) is 5.75 Å². The van der Waals surface area contributed by atoms with Gasteiger partial charge in [-0.2, -0.15) is 0 Å². The van der Waals surface area contributed by atoms with E-state index in [-0.39, 0.29) is 12.5 Å². The number of carbonyl (C=O) groups is 1. The van der Waals surface area contributed by atoms with Crippen molar-refractivity contribution in [3.05, 3.63) is 89.5 Å². The Labute approximate surface area is 206 Å². The predicted molar refractivity (Wildman–Crippen MR) is 136 cm³/mol. The van der Waals surface area contributed by atoms with E-state index in [0.29, 0.717) is 44.2 Å². The van der Waals surface area contributed by atoms with E-state index in [4.69, 9.17) is 9.47 Å². The maximum atomic E-state index is 12.9. The van der Waals surface area contributed by atoms with Gasteiger partial charge in [-0.25, -0.2) is 0 Å². The molecule has 182 valence electrons. The van der Waals surface area contributed by atoms with Crippen LogP contribution in [0.25, 0.3) is 11.1 Å². The molecule has 0 aromatic heterocycles. The molecule has 3 aromatic rings. The van der Waals surface area contributed by atoms with Crippen molar-refractivity contribution in [2.45, 2.75) is 19.1 Å². The number of carbonyl (C=O) groups excluding carboxylic acids is 1. The lowest BCUT2D eigenvalue weighted by Crippen LogP contribution is -2.40. The quantitative estimate of drug-likeness (QED) is 0.569. The van der Waals surface area contributed by atoms with Crippen LogP contribution in [-0.4, -0.2) is 72.9 Å². The number of β-amino-alcohol motifs (C(OH)–C–C–N with tert-alkyl or cyclic N) is 1. The highest BCUT2D eigenvalue weighted by molar-refractivity contribution is 5.95. The summed E-state index contributed by atoms with van der Waals surface area (Å²) in [4.78, 5) is 17.0. The van der Waals surface area contributed by atoms with Gasteiger partial charge in [0, 0.05) is 38.3 Å². The Morgan fingerprint density at radius 3 is 2.49 bits per heavy atom. The van der Waals surface area contributed by atoms with Crippen LogP contribution in [-0.2, 0) is 17.7 Å². The molecule has 6 nitrogen and oxygen atoms in total. The van der Waals surface area contributed by atoms with E-state index in [9.17, 15) is 9.90 Å². The van der Waals surface area contributed by atoms with Crippen molar-refractivity contribution in [3.8, 4) is 16.9 Å². The number of rotatable bonds is 7. The molecule has 1 atom stereocenters. The molecule has 1 saturated heterocycles. The standard InChI is InChI=1S/C29H32N2O4/c32-27(20-30-12-11-22-5-1-2-6-26(22)19-30)21-35-28-10-4-8-24(18-28)23-7-3-9-25(17-23)29(33)31-13-15-34-16-14-31/h1-10,17-18,27,32H,11-16,19-21H2. The summed E-state index contributed by atoms with van der Waals surface area (Å²) in [5, 5.41) is 10.6. The normalized spacial score (nSPS) is 17.0. The van der Waals surface area contributed by atoms with Gasteiger partial charge >= 0.3 is 0 Å². The zero-order chi connectivity index (χ0) is 24.0. The summed E-state index contributed by atoms with van der Waals surface area (Å²) in [6, 6.07) is 24.0. The van der Waals surface area contributed by atoms with Crippen molar-refractivity contribution in [3.63, 3.8) is 0 Å². The van der Waals surface area contributed by atoms with E-state index in [1.54, 1.807) is 0 Å². The molecule has 1 N–H and O–H groups in total. The van der Waals surface area contributed by atoms with Crippen molar-refractivity contribution in [1.29, 1.82) is 0 Å². The van der Waals surface area contributed by atoms with Crippen LogP contribution >= 0.6 is 0 Å². The highest BCUT2D eigenvalue weighted by Gasteiger charge is 2.20. The van der Waals surface area contributed by atoms with Gasteiger partial charge in [-0.1, -0.05) is 48.5 Å². The number of hydrogen-bond donors (Lipinski definition) is 1. The summed E-state index contributed by atoms with van der Waals surface area (Å²) < 4.78 is 11.3. The number of ether oxygens (including phenoxy) is 2. The topological polar surface area (TPSA) is 62.2 Å². The average molecular weight is 473 g/mol. The number of aliphatic hydroxyl groups excluding tert-OH is 1. The molecule has 0 saturated carbocycles. The monoisotopic (exact) mass is 472 g/mol. The first-order valence-electron chi connectivity index (χ1n) is 12.3. The Kier molecular flexibility index (Phi) is 7.42. The van der Waals surface area contributed by atoms with Gasteiger partial charge in [0.05, 0.1) is 13.2 Å². The molecule has 1 unspecified atom stereocenters. The minimum atomic E-state index is -0.571. The highest BCUT2D eigenvalue weighted by Crippen LogP contribution is 2.26. The van der Waals surface area contributed by atoms with Gasteiger partial charge in [-0.05, 0) is 52.9 Å². The predicted octanol–water partition coefficient (Wildman–Crippen LogP) is 3.62. The third kappa shape index (κ3) is 5.90. The summed E-state index contributed by atoms with van der Waals surface area (Å²) in [6.07, 6.45) is 0.442. The van der Waals surface area contributed by atoms with Crippen LogP contribution in [0.3, 0.4) is 0 Å². The van der Waals surface area contributed by atoms with Crippen LogP contribution in [0, 0.1) is 0 Å². The molecular weight excluding hydrogens is 440 g/mol. The zero-order valence-corrected chi connectivity index (χ0v) is 19.9. The zero-order valence-electron chi connectivity index (χ0n) is 19.9. The Morgan fingerprint density at radius 1 is 0.914 bits per heavy atom. The number of morpholine rings is 1. The number of aliphatic hydroxyl groups is 1. The lowest BCUT2D eigenvalue weighted by Gasteiger charge is -2.30. The second-order valence-electron chi connectivity index (χ2n) is 9.23. The molecule has 0 aliphatic carbocycles. The van der Waals surface area contributed by atoms with E-state index in [1.807, 2.05) is 53.4 Å². The fraction of sp³-hybridized carbons (Fsp3) is 0.345. The van der Waals surface area contributed by atoms with Crippen molar-refractivity contribution < 1.29 is 19.4 Å². The van der Waals surface area contributed by atoms with E-state index >= 15 is 0 Å². The van der Waals surface area contributed by atoms with Crippen molar-refractivity contribution in [1.82, 2.24) is 9.80 Å². The molecule has 2 heterocycles. The molecule has 0 spiro atoms. The molecule has 3 aromatic carbocycles. The molecule has 0 bridgehead atoms. The molecule has 1 amide bonds. The molecule has 2 aliphatic heterocycles. The summed E-state index contributed by atoms with van der Waals surface area (Å²) in [5.74, 6) is 0.737. The number of hydrogen-bond acceptors (Lipinski definition) is 5. The van der Waals surface area contributed by atoms with Gasteiger partial charge in [0.1, 0.15) is 18.5 Å². The second-order valence-corrected chi connectivity index (χ2v) is 9.23. The molecule has 1 fully saturated rings. The summed E-state index contributed by atoms with van der Waals surface area (Å²) in [7, 11) is 0. The molecule has 35 heavy (non-hydrogen) atoms. The maximum absolute atomic E-state index is 12.9. The molecule has 0 radical (unpaired) electrons. The van der Waals surface area contributed by atoms with E-state index < -0.39 is 6.10 Å². The molecular formula is C29H32N2O4. The van der Waals surface area contributed by atoms with Crippen LogP contribution in [0.15, 0.2) is 72.8 Å². The first-order chi connectivity index (χ1) is 17.2. The van der Waals surface area contributed by atoms with Gasteiger partial charge in [0.2, 0.25) is 0 Å². The first kappa shape index (κ1) is 23.5. The van der Waals surface area contributed by atoms with Crippen LogP contribution in [0.1, 0.15) is 21.5 Å². The maximum Gasteiger partial charge on any atom is 0.254 e. The summed E-state index contributed by atoms with van der Waals surface area (Å²) >= 11 is 0. The Bertz CT molecular complexity index is 1160. The van der Waals surface area contributed by atoms with Crippen LogP contribution in [0.2, 0.25) is 0 Å². The number of fused-ring (bicyclic) bond motifs is 1. The van der Waals surface area contributed by atoms with E-state index in [0.717, 1.165) is 30.6 Å². The smallest absolute Gasteiger partial charge is 0.254 e. The third-order valence-corrected chi connectivity index (χ3v) is 6.70. The van der Waals surface area contributed by atoms with Crippen LogP contribution in [0.4, 0.5) is 0 Å². The van der Waals surface area contributed by atoms with Gasteiger partial charge in [-0.3, -0.25) is 9.69 Å². The number of amides is 1. The van der Waals surface area contributed by atoms with Crippen molar-refractivity contribution in [2.75, 3.05) is 46.0 Å². The SMILES string of the molecule is O=C(c1cccc(-c2cccc(OCC(O)CN3CCc4ccccc4C3)c2)c1)N1CCOCC1. The van der Waals surface area contributed by atoms with Crippen LogP contribution < -0.4 is 4.74 Å². The lowest BCUT2D eigenvalue weighted by molar-refractivity contribution is 0.0303. The largest absolute Gasteiger partial charge is 0.491 e. The third-order valence-electron chi connectivity index (χ3n) is 6.70. The van der Waals surface area contributed by atoms with Gasteiger partial charge in [0.15, 0.2) is 0 Å². The lowest BCUT2D eigenvalue weighted by atomic mass is 10.00. The summed E-state index contributed by atoms with van der Waals surface area (Å²) in [6.45, 7) is 5.04. The second kappa shape index (κ2) is 11.0. The number of benzene rings is 3. The van der Waals surface area contributed by atoms with Crippen molar-refractivity contribution >= 4 is 5.91 Å². The van der Waals surface area contributed by atoms with Gasteiger partial charge < -0.3 is 19.5 Å². The fourth-order valence-electron chi connectivity index (χ4n) is 4.80. The Morgan fingerprint density at radius 2 is 1.66 bits per heavy atom. The fourth-order valence-corrected chi connectivity index (χ4v) is 4.80. The highest BCUT2D eigenvalue weighted by atomic mass is 16.5. The molecule has 5 rings (SSSR count). The van der Waals surface area contributed by atoms with Gasteiger partial charge in [-0.15, -0.1) is 0 Å². The Hall–Kier alpha value is -3.19. The molecule has 2 aliphatic rings. The van der Waals surface area contributed by atoms with Crippen molar-refractivity contribution in [2.24, 2.45) is 0 Å². The van der Waals surface area contributed by atoms with E-state index in [2.05, 4.69) is 29.2 Å². The van der Waals surface area contributed by atoms with Gasteiger partial charge in [0.25, 0.3) is 5.91 Å². The minimum Gasteiger partial charge on any atom is -0.491 e. The summed E-state index contributed by atoms with van der Waals surface area (Å²) in [5.41, 5.74) is 5.36. The first-order valence-corrected chi connectivity index (χ1v) is 12.3. The number of nitrogens with zero attached hydrogens (tertiary/aromatic N) is 2.